The highest BCUT2D eigenvalue weighted by molar-refractivity contribution is 5.57. The van der Waals surface area contributed by atoms with Crippen molar-refractivity contribution in [3.8, 4) is 11.4 Å². The minimum atomic E-state index is -0.704. The molecule has 0 saturated heterocycles. The summed E-state index contributed by atoms with van der Waals surface area (Å²) in [5.74, 6) is -0.786. The summed E-state index contributed by atoms with van der Waals surface area (Å²) in [6.07, 6.45) is 4.28. The molecule has 2 aromatic rings. The van der Waals surface area contributed by atoms with Crippen molar-refractivity contribution < 1.29 is 13.3 Å². The lowest BCUT2D eigenvalue weighted by atomic mass is 9.86. The molecular formula is C16H20F2N4O. The molecule has 1 saturated carbocycles. The van der Waals surface area contributed by atoms with Crippen molar-refractivity contribution in [3.05, 3.63) is 29.8 Å². The van der Waals surface area contributed by atoms with Gasteiger partial charge >= 0.3 is 6.01 Å². The molecule has 1 aromatic heterocycles. The molecule has 1 aliphatic carbocycles. The highest BCUT2D eigenvalue weighted by Crippen LogP contribution is 2.28. The van der Waals surface area contributed by atoms with Crippen molar-refractivity contribution in [1.82, 2.24) is 15.5 Å². The second kappa shape index (κ2) is 7.04. The van der Waals surface area contributed by atoms with Gasteiger partial charge < -0.3 is 15.2 Å². The zero-order valence-electron chi connectivity index (χ0n) is 13.0. The Balaban J connectivity index is 1.64. The number of nitrogens with zero attached hydrogens (tertiary/aromatic N) is 2. The lowest BCUT2D eigenvalue weighted by molar-refractivity contribution is 0.324. The third-order valence-electron chi connectivity index (χ3n) is 4.28. The second-order valence-corrected chi connectivity index (χ2v) is 5.94. The van der Waals surface area contributed by atoms with E-state index in [1.807, 2.05) is 7.05 Å². The van der Waals surface area contributed by atoms with Crippen molar-refractivity contribution >= 4 is 6.01 Å². The normalized spacial score (nSPS) is 21.3. The summed E-state index contributed by atoms with van der Waals surface area (Å²) in [5, 5.41) is 10.0. The van der Waals surface area contributed by atoms with Crippen molar-refractivity contribution in [3.63, 3.8) is 0 Å². The highest BCUT2D eigenvalue weighted by Gasteiger charge is 2.23. The second-order valence-electron chi connectivity index (χ2n) is 5.94. The van der Waals surface area contributed by atoms with Crippen LogP contribution in [0, 0.1) is 17.6 Å². The summed E-state index contributed by atoms with van der Waals surface area (Å²) < 4.78 is 32.6. The summed E-state index contributed by atoms with van der Waals surface area (Å²) in [5.41, 5.74) is -0.262. The summed E-state index contributed by atoms with van der Waals surface area (Å²) in [6, 6.07) is 4.11. The van der Waals surface area contributed by atoms with Gasteiger partial charge in [-0.2, -0.15) is 4.98 Å². The molecular weight excluding hydrogens is 302 g/mol. The molecule has 0 unspecified atom stereocenters. The molecule has 1 aliphatic rings. The van der Waals surface area contributed by atoms with Crippen molar-refractivity contribution in [2.45, 2.75) is 31.7 Å². The van der Waals surface area contributed by atoms with Gasteiger partial charge in [-0.1, -0.05) is 11.2 Å². The average Bonchev–Trinajstić information content (AvgIpc) is 2.97. The Hall–Kier alpha value is -2.02. The lowest BCUT2D eigenvalue weighted by Crippen LogP contribution is -2.30. The molecule has 1 heterocycles. The van der Waals surface area contributed by atoms with E-state index in [0.29, 0.717) is 5.92 Å². The van der Waals surface area contributed by atoms with Gasteiger partial charge in [-0.05, 0) is 57.3 Å². The quantitative estimate of drug-likeness (QED) is 0.885. The van der Waals surface area contributed by atoms with Gasteiger partial charge in [-0.25, -0.2) is 8.78 Å². The van der Waals surface area contributed by atoms with Crippen LogP contribution in [0.2, 0.25) is 0 Å². The Morgan fingerprint density at radius 2 is 1.87 bits per heavy atom. The number of benzene rings is 1. The Bertz CT molecular complexity index is 633. The molecule has 124 valence electrons. The van der Waals surface area contributed by atoms with Gasteiger partial charge in [0.25, 0.3) is 0 Å². The number of hydrogen-bond acceptors (Lipinski definition) is 5. The van der Waals surface area contributed by atoms with Gasteiger partial charge in [-0.15, -0.1) is 0 Å². The first-order valence-electron chi connectivity index (χ1n) is 7.86. The topological polar surface area (TPSA) is 63.0 Å². The zero-order valence-corrected chi connectivity index (χ0v) is 13.0. The fourth-order valence-corrected chi connectivity index (χ4v) is 3.07. The van der Waals surface area contributed by atoms with Gasteiger partial charge in [-0.3, -0.25) is 0 Å². The maximum absolute atomic E-state index is 13.7. The molecule has 0 amide bonds. The first kappa shape index (κ1) is 15.9. The molecule has 3 rings (SSSR count). The Morgan fingerprint density at radius 3 is 2.52 bits per heavy atom. The minimum Gasteiger partial charge on any atom is -0.335 e. The number of halogens is 2. The Kier molecular flexibility index (Phi) is 4.85. The smallest absolute Gasteiger partial charge is 0.322 e. The monoisotopic (exact) mass is 322 g/mol. The van der Waals surface area contributed by atoms with Crippen LogP contribution in [0.5, 0.6) is 0 Å². The molecule has 23 heavy (non-hydrogen) atoms. The van der Waals surface area contributed by atoms with Crippen LogP contribution in [-0.4, -0.2) is 29.8 Å². The summed E-state index contributed by atoms with van der Waals surface area (Å²) in [7, 11) is 1.96. The van der Waals surface area contributed by atoms with Gasteiger partial charge in [0.1, 0.15) is 11.6 Å². The molecule has 0 aliphatic heterocycles. The molecule has 0 spiro atoms. The first-order chi connectivity index (χ1) is 11.2. The SMILES string of the molecule is CNCC1CCC(Nc2nc(-c3c(F)cccc3F)no2)CC1. The molecule has 0 bridgehead atoms. The number of rotatable bonds is 5. The standard InChI is InChI=1S/C16H20F2N4O/c1-19-9-10-5-7-11(8-6-10)20-16-21-15(22-23-16)14-12(17)3-2-4-13(14)18/h2-4,10-11,19H,5-9H2,1H3,(H,20,21,22). The van der Waals surface area contributed by atoms with Crippen LogP contribution >= 0.6 is 0 Å². The summed E-state index contributed by atoms with van der Waals surface area (Å²) in [6.45, 7) is 1.03. The van der Waals surface area contributed by atoms with Gasteiger partial charge in [0, 0.05) is 6.04 Å². The predicted octanol–water partition coefficient (Wildman–Crippen LogP) is 3.20. The van der Waals surface area contributed by atoms with Crippen molar-refractivity contribution in [2.75, 3.05) is 18.9 Å². The fraction of sp³-hybridized carbons (Fsp3) is 0.500. The van der Waals surface area contributed by atoms with E-state index in [2.05, 4.69) is 20.8 Å². The third-order valence-corrected chi connectivity index (χ3v) is 4.28. The number of anilines is 1. The average molecular weight is 322 g/mol. The van der Waals surface area contributed by atoms with Gasteiger partial charge in [0.15, 0.2) is 0 Å². The molecule has 1 aromatic carbocycles. The maximum atomic E-state index is 13.7. The van der Waals surface area contributed by atoms with Crippen LogP contribution in [0.25, 0.3) is 11.4 Å². The zero-order chi connectivity index (χ0) is 16.2. The Labute approximate surface area is 133 Å². The van der Waals surface area contributed by atoms with E-state index in [1.54, 1.807) is 0 Å². The van der Waals surface area contributed by atoms with Crippen LogP contribution < -0.4 is 10.6 Å². The van der Waals surface area contributed by atoms with Crippen LogP contribution in [0.1, 0.15) is 25.7 Å². The largest absolute Gasteiger partial charge is 0.335 e. The first-order valence-corrected chi connectivity index (χ1v) is 7.86. The molecule has 2 N–H and O–H groups in total. The van der Waals surface area contributed by atoms with Crippen molar-refractivity contribution in [2.24, 2.45) is 5.92 Å². The fourth-order valence-electron chi connectivity index (χ4n) is 3.07. The number of hydrogen-bond donors (Lipinski definition) is 2. The molecule has 1 fully saturated rings. The number of aromatic nitrogens is 2. The van der Waals surface area contributed by atoms with E-state index in [1.165, 1.54) is 18.2 Å². The van der Waals surface area contributed by atoms with E-state index in [4.69, 9.17) is 4.52 Å². The van der Waals surface area contributed by atoms with Crippen LogP contribution in [0.15, 0.2) is 22.7 Å². The lowest BCUT2D eigenvalue weighted by Gasteiger charge is -2.28. The maximum Gasteiger partial charge on any atom is 0.322 e. The Morgan fingerprint density at radius 1 is 1.17 bits per heavy atom. The van der Waals surface area contributed by atoms with Crippen LogP contribution in [-0.2, 0) is 0 Å². The van der Waals surface area contributed by atoms with Gasteiger partial charge in [0.05, 0.1) is 5.56 Å². The predicted molar refractivity (Wildman–Crippen MR) is 82.9 cm³/mol. The van der Waals surface area contributed by atoms with E-state index in [0.717, 1.165) is 32.2 Å². The van der Waals surface area contributed by atoms with E-state index in [-0.39, 0.29) is 23.4 Å². The van der Waals surface area contributed by atoms with E-state index < -0.39 is 11.6 Å². The van der Waals surface area contributed by atoms with Crippen LogP contribution in [0.4, 0.5) is 14.8 Å². The summed E-state index contributed by atoms with van der Waals surface area (Å²) >= 11 is 0. The van der Waals surface area contributed by atoms with E-state index in [9.17, 15) is 8.78 Å². The van der Waals surface area contributed by atoms with Crippen LogP contribution in [0.3, 0.4) is 0 Å². The third kappa shape index (κ3) is 3.67. The molecule has 0 radical (unpaired) electrons. The molecule has 7 heteroatoms. The number of nitrogens with one attached hydrogen (secondary N) is 2. The van der Waals surface area contributed by atoms with Gasteiger partial charge in [0.2, 0.25) is 5.82 Å². The van der Waals surface area contributed by atoms with E-state index >= 15 is 0 Å². The molecule has 0 atom stereocenters. The van der Waals surface area contributed by atoms with Crippen molar-refractivity contribution in [1.29, 1.82) is 0 Å². The molecule has 5 nitrogen and oxygen atoms in total. The minimum absolute atomic E-state index is 0.0769. The summed E-state index contributed by atoms with van der Waals surface area (Å²) in [4.78, 5) is 4.07. The highest BCUT2D eigenvalue weighted by atomic mass is 19.1.